The SMILES string of the molecule is c1cc(OC2CCCNC2)ncc1C1CC1. The van der Waals surface area contributed by atoms with Crippen molar-refractivity contribution in [3.8, 4) is 5.88 Å². The number of pyridine rings is 1. The van der Waals surface area contributed by atoms with Crippen LogP contribution in [0, 0.1) is 0 Å². The van der Waals surface area contributed by atoms with Crippen LogP contribution in [0.25, 0.3) is 0 Å². The number of rotatable bonds is 3. The van der Waals surface area contributed by atoms with Crippen molar-refractivity contribution in [2.45, 2.75) is 37.7 Å². The first-order valence-corrected chi connectivity index (χ1v) is 6.25. The number of nitrogens with one attached hydrogen (secondary N) is 1. The summed E-state index contributed by atoms with van der Waals surface area (Å²) in [5, 5.41) is 3.34. The standard InChI is InChI=1S/C13H18N2O/c1-2-12(9-14-7-1)16-13-6-5-11(8-15-13)10-3-4-10/h5-6,8,10,12,14H,1-4,7,9H2. The Hall–Kier alpha value is -1.09. The van der Waals surface area contributed by atoms with E-state index in [0.29, 0.717) is 6.10 Å². The molecule has 0 amide bonds. The van der Waals surface area contributed by atoms with Crippen molar-refractivity contribution >= 4 is 0 Å². The highest BCUT2D eigenvalue weighted by Gasteiger charge is 2.23. The molecule has 3 rings (SSSR count). The second kappa shape index (κ2) is 4.42. The van der Waals surface area contributed by atoms with Crippen LogP contribution in [-0.2, 0) is 0 Å². The van der Waals surface area contributed by atoms with Crippen molar-refractivity contribution in [1.82, 2.24) is 10.3 Å². The van der Waals surface area contributed by atoms with Gasteiger partial charge in [-0.15, -0.1) is 0 Å². The number of nitrogens with zero attached hydrogens (tertiary/aromatic N) is 1. The molecule has 3 nitrogen and oxygen atoms in total. The van der Waals surface area contributed by atoms with Crippen molar-refractivity contribution < 1.29 is 4.74 Å². The molecule has 0 aromatic carbocycles. The van der Waals surface area contributed by atoms with Gasteiger partial charge in [0.2, 0.25) is 5.88 Å². The molecule has 1 aromatic rings. The average molecular weight is 218 g/mol. The normalized spacial score (nSPS) is 25.4. The quantitative estimate of drug-likeness (QED) is 0.843. The van der Waals surface area contributed by atoms with Crippen molar-refractivity contribution in [1.29, 1.82) is 0 Å². The molecule has 1 saturated carbocycles. The molecule has 86 valence electrons. The van der Waals surface area contributed by atoms with Crippen molar-refractivity contribution in [2.75, 3.05) is 13.1 Å². The van der Waals surface area contributed by atoms with Crippen LogP contribution in [0.15, 0.2) is 18.3 Å². The average Bonchev–Trinajstić information content (AvgIpc) is 3.15. The Morgan fingerprint density at radius 2 is 2.19 bits per heavy atom. The van der Waals surface area contributed by atoms with Crippen LogP contribution in [0.2, 0.25) is 0 Å². The number of ether oxygens (including phenoxy) is 1. The molecule has 2 heterocycles. The molecule has 1 unspecified atom stereocenters. The first kappa shape index (κ1) is 10.1. The van der Waals surface area contributed by atoms with Gasteiger partial charge in [0.1, 0.15) is 6.10 Å². The van der Waals surface area contributed by atoms with Crippen LogP contribution >= 0.6 is 0 Å². The third-order valence-corrected chi connectivity index (χ3v) is 3.35. The Labute approximate surface area is 96.2 Å². The summed E-state index contributed by atoms with van der Waals surface area (Å²) in [5.74, 6) is 1.55. The van der Waals surface area contributed by atoms with E-state index in [1.807, 2.05) is 12.3 Å². The number of piperidine rings is 1. The summed E-state index contributed by atoms with van der Waals surface area (Å²) in [5.41, 5.74) is 1.37. The van der Waals surface area contributed by atoms with Crippen molar-refractivity contribution in [2.24, 2.45) is 0 Å². The molecule has 16 heavy (non-hydrogen) atoms. The lowest BCUT2D eigenvalue weighted by Gasteiger charge is -2.23. The van der Waals surface area contributed by atoms with Gasteiger partial charge < -0.3 is 10.1 Å². The van der Waals surface area contributed by atoms with E-state index < -0.39 is 0 Å². The third kappa shape index (κ3) is 2.35. The van der Waals surface area contributed by atoms with Gasteiger partial charge in [0.05, 0.1) is 0 Å². The number of hydrogen-bond donors (Lipinski definition) is 1. The van der Waals surface area contributed by atoms with Gasteiger partial charge in [0, 0.05) is 18.8 Å². The molecule has 1 aliphatic heterocycles. The summed E-state index contributed by atoms with van der Waals surface area (Å²) in [6, 6.07) is 4.18. The van der Waals surface area contributed by atoms with E-state index in [-0.39, 0.29) is 0 Å². The van der Waals surface area contributed by atoms with Gasteiger partial charge in [-0.2, -0.15) is 0 Å². The summed E-state index contributed by atoms with van der Waals surface area (Å²) in [6.45, 7) is 2.07. The molecule has 0 spiro atoms. The van der Waals surface area contributed by atoms with Crippen LogP contribution < -0.4 is 10.1 Å². The summed E-state index contributed by atoms with van der Waals surface area (Å²) >= 11 is 0. The Morgan fingerprint density at radius 1 is 1.25 bits per heavy atom. The highest BCUT2D eigenvalue weighted by atomic mass is 16.5. The van der Waals surface area contributed by atoms with Gasteiger partial charge in [-0.3, -0.25) is 0 Å². The Morgan fingerprint density at radius 3 is 2.81 bits per heavy atom. The van der Waals surface area contributed by atoms with Gasteiger partial charge in [-0.05, 0) is 43.7 Å². The predicted molar refractivity (Wildman–Crippen MR) is 62.7 cm³/mol. The molecule has 3 heteroatoms. The number of aromatic nitrogens is 1. The Balaban J connectivity index is 1.60. The topological polar surface area (TPSA) is 34.1 Å². The Bertz CT molecular complexity index is 339. The van der Waals surface area contributed by atoms with Gasteiger partial charge in [-0.1, -0.05) is 6.07 Å². The minimum atomic E-state index is 0.299. The fraction of sp³-hybridized carbons (Fsp3) is 0.615. The summed E-state index contributed by atoms with van der Waals surface area (Å²) in [7, 11) is 0. The third-order valence-electron chi connectivity index (χ3n) is 3.35. The zero-order valence-corrected chi connectivity index (χ0v) is 9.48. The van der Waals surface area contributed by atoms with E-state index in [4.69, 9.17) is 4.74 Å². The van der Waals surface area contributed by atoms with E-state index in [0.717, 1.165) is 31.3 Å². The molecule has 1 N–H and O–H groups in total. The van der Waals surface area contributed by atoms with Crippen molar-refractivity contribution in [3.63, 3.8) is 0 Å². The van der Waals surface area contributed by atoms with Crippen LogP contribution in [0.1, 0.15) is 37.2 Å². The minimum Gasteiger partial charge on any atom is -0.473 e. The molecular formula is C13H18N2O. The Kier molecular flexibility index (Phi) is 2.79. The molecule has 2 aliphatic rings. The molecule has 0 bridgehead atoms. The smallest absolute Gasteiger partial charge is 0.213 e. The van der Waals surface area contributed by atoms with Gasteiger partial charge >= 0.3 is 0 Å². The van der Waals surface area contributed by atoms with E-state index in [9.17, 15) is 0 Å². The lowest BCUT2D eigenvalue weighted by atomic mass is 10.1. The maximum Gasteiger partial charge on any atom is 0.213 e. The van der Waals surface area contributed by atoms with Crippen LogP contribution in [0.4, 0.5) is 0 Å². The largest absolute Gasteiger partial charge is 0.473 e. The summed E-state index contributed by atoms with van der Waals surface area (Å²) < 4.78 is 5.84. The molecule has 0 radical (unpaired) electrons. The van der Waals surface area contributed by atoms with Crippen LogP contribution in [-0.4, -0.2) is 24.2 Å². The van der Waals surface area contributed by atoms with E-state index in [2.05, 4.69) is 16.4 Å². The lowest BCUT2D eigenvalue weighted by Crippen LogP contribution is -2.37. The molecular weight excluding hydrogens is 200 g/mol. The predicted octanol–water partition coefficient (Wildman–Crippen LogP) is 2.09. The molecule has 2 fully saturated rings. The first-order chi connectivity index (χ1) is 7.92. The van der Waals surface area contributed by atoms with Crippen molar-refractivity contribution in [3.05, 3.63) is 23.9 Å². The minimum absolute atomic E-state index is 0.299. The zero-order chi connectivity index (χ0) is 10.8. The summed E-state index contributed by atoms with van der Waals surface area (Å²) in [4.78, 5) is 4.38. The van der Waals surface area contributed by atoms with Gasteiger partial charge in [0.15, 0.2) is 0 Å². The monoisotopic (exact) mass is 218 g/mol. The second-order valence-electron chi connectivity index (χ2n) is 4.79. The van der Waals surface area contributed by atoms with E-state index in [1.165, 1.54) is 24.8 Å². The maximum atomic E-state index is 5.84. The second-order valence-corrected chi connectivity index (χ2v) is 4.79. The zero-order valence-electron chi connectivity index (χ0n) is 9.48. The van der Waals surface area contributed by atoms with Gasteiger partial charge in [0.25, 0.3) is 0 Å². The van der Waals surface area contributed by atoms with E-state index >= 15 is 0 Å². The van der Waals surface area contributed by atoms with Crippen LogP contribution in [0.3, 0.4) is 0 Å². The number of hydrogen-bond acceptors (Lipinski definition) is 3. The van der Waals surface area contributed by atoms with Gasteiger partial charge in [-0.25, -0.2) is 4.98 Å². The molecule has 1 atom stereocenters. The molecule has 1 aromatic heterocycles. The van der Waals surface area contributed by atoms with E-state index in [1.54, 1.807) is 0 Å². The fourth-order valence-electron chi connectivity index (χ4n) is 2.21. The molecule has 1 aliphatic carbocycles. The maximum absolute atomic E-state index is 5.84. The molecule has 1 saturated heterocycles. The fourth-order valence-corrected chi connectivity index (χ4v) is 2.21. The first-order valence-electron chi connectivity index (χ1n) is 6.25. The summed E-state index contributed by atoms with van der Waals surface area (Å²) in [6.07, 6.45) is 7.27. The van der Waals surface area contributed by atoms with Crippen LogP contribution in [0.5, 0.6) is 5.88 Å². The highest BCUT2D eigenvalue weighted by molar-refractivity contribution is 5.24. The highest BCUT2D eigenvalue weighted by Crippen LogP contribution is 2.39. The lowest BCUT2D eigenvalue weighted by molar-refractivity contribution is 0.160.